The van der Waals surface area contributed by atoms with Crippen molar-refractivity contribution in [2.24, 2.45) is 5.92 Å². The molecule has 3 rings (SSSR count). The highest BCUT2D eigenvalue weighted by atomic mass is 19.1. The van der Waals surface area contributed by atoms with Crippen LogP contribution < -0.4 is 0 Å². The Morgan fingerprint density at radius 3 is 2.27 bits per heavy atom. The highest BCUT2D eigenvalue weighted by Gasteiger charge is 2.46. The molecular formula is C21H20FNO3. The molecule has 1 unspecified atom stereocenters. The number of hydrogen-bond acceptors (Lipinski definition) is 3. The molecule has 1 saturated heterocycles. The third-order valence-corrected chi connectivity index (χ3v) is 4.33. The van der Waals surface area contributed by atoms with E-state index < -0.39 is 23.5 Å². The molecule has 0 bridgehead atoms. The number of likely N-dealkylation sites (tertiary alicyclic amines) is 1. The Balaban J connectivity index is 2.18. The summed E-state index contributed by atoms with van der Waals surface area (Å²) >= 11 is 0. The number of aliphatic hydroxyl groups excluding tert-OH is 1. The maximum Gasteiger partial charge on any atom is 0.295 e. The molecule has 0 radical (unpaired) electrons. The lowest BCUT2D eigenvalue weighted by Gasteiger charge is -2.26. The molecule has 26 heavy (non-hydrogen) atoms. The fraction of sp³-hybridized carbons (Fsp3) is 0.238. The molecule has 1 aliphatic heterocycles. The monoisotopic (exact) mass is 353 g/mol. The summed E-state index contributed by atoms with van der Waals surface area (Å²) in [4.78, 5) is 26.7. The van der Waals surface area contributed by atoms with Gasteiger partial charge in [-0.1, -0.05) is 56.3 Å². The van der Waals surface area contributed by atoms with Crippen molar-refractivity contribution in [3.63, 3.8) is 0 Å². The number of carbonyl (C=O) groups is 2. The Bertz CT molecular complexity index is 857. The summed E-state index contributed by atoms with van der Waals surface area (Å²) in [7, 11) is 0. The van der Waals surface area contributed by atoms with Gasteiger partial charge in [-0.3, -0.25) is 9.59 Å². The van der Waals surface area contributed by atoms with Gasteiger partial charge in [0.15, 0.2) is 0 Å². The first-order valence-corrected chi connectivity index (χ1v) is 8.49. The zero-order chi connectivity index (χ0) is 18.8. The Morgan fingerprint density at radius 1 is 1.08 bits per heavy atom. The lowest BCUT2D eigenvalue weighted by Crippen LogP contribution is -2.33. The van der Waals surface area contributed by atoms with Gasteiger partial charge in [-0.15, -0.1) is 0 Å². The lowest BCUT2D eigenvalue weighted by atomic mass is 9.95. The molecule has 5 heteroatoms. The standard InChI is InChI=1S/C21H20FNO3/c1-13(2)12-23-18(14-8-10-16(22)11-9-14)17(20(25)21(23)26)19(24)15-6-4-3-5-7-15/h3-11,13,18,24H,12H2,1-2H3/b19-17+. The lowest BCUT2D eigenvalue weighted by molar-refractivity contribution is -0.140. The van der Waals surface area contributed by atoms with Crippen LogP contribution in [0, 0.1) is 11.7 Å². The van der Waals surface area contributed by atoms with Crippen molar-refractivity contribution in [1.29, 1.82) is 0 Å². The van der Waals surface area contributed by atoms with E-state index in [1.807, 2.05) is 13.8 Å². The van der Waals surface area contributed by atoms with Crippen LogP contribution in [0.15, 0.2) is 60.2 Å². The number of aliphatic hydroxyl groups is 1. The maximum absolute atomic E-state index is 13.3. The number of amides is 1. The van der Waals surface area contributed by atoms with Crippen LogP contribution in [0.3, 0.4) is 0 Å². The van der Waals surface area contributed by atoms with Crippen LogP contribution in [-0.4, -0.2) is 28.2 Å². The highest BCUT2D eigenvalue weighted by Crippen LogP contribution is 2.39. The molecule has 1 heterocycles. The molecule has 2 aromatic rings. The Labute approximate surface area is 151 Å². The van der Waals surface area contributed by atoms with Gasteiger partial charge in [-0.25, -0.2) is 4.39 Å². The third kappa shape index (κ3) is 3.25. The van der Waals surface area contributed by atoms with Crippen LogP contribution in [0.4, 0.5) is 4.39 Å². The molecule has 134 valence electrons. The van der Waals surface area contributed by atoms with Crippen molar-refractivity contribution in [1.82, 2.24) is 4.90 Å². The molecule has 2 aromatic carbocycles. The minimum Gasteiger partial charge on any atom is -0.507 e. The summed E-state index contributed by atoms with van der Waals surface area (Å²) in [5.41, 5.74) is 1.08. The van der Waals surface area contributed by atoms with E-state index in [0.29, 0.717) is 17.7 Å². The number of benzene rings is 2. The van der Waals surface area contributed by atoms with Crippen molar-refractivity contribution in [2.75, 3.05) is 6.54 Å². The third-order valence-electron chi connectivity index (χ3n) is 4.33. The first-order valence-electron chi connectivity index (χ1n) is 8.49. The summed E-state index contributed by atoms with van der Waals surface area (Å²) in [6.45, 7) is 4.24. The average molecular weight is 353 g/mol. The molecule has 1 atom stereocenters. The fourth-order valence-corrected chi connectivity index (χ4v) is 3.20. The van der Waals surface area contributed by atoms with Crippen molar-refractivity contribution >= 4 is 17.4 Å². The quantitative estimate of drug-likeness (QED) is 0.515. The van der Waals surface area contributed by atoms with Gasteiger partial charge in [-0.2, -0.15) is 0 Å². The first-order chi connectivity index (χ1) is 12.4. The summed E-state index contributed by atoms with van der Waals surface area (Å²) in [5.74, 6) is -1.86. The highest BCUT2D eigenvalue weighted by molar-refractivity contribution is 6.46. The molecule has 0 aliphatic carbocycles. The van der Waals surface area contributed by atoms with Gasteiger partial charge in [0.05, 0.1) is 11.6 Å². The Hall–Kier alpha value is -2.95. The van der Waals surface area contributed by atoms with E-state index in [2.05, 4.69) is 0 Å². The molecule has 1 aliphatic rings. The molecule has 1 amide bonds. The van der Waals surface area contributed by atoms with Gasteiger partial charge in [0.25, 0.3) is 11.7 Å². The van der Waals surface area contributed by atoms with Gasteiger partial charge in [0.2, 0.25) is 0 Å². The van der Waals surface area contributed by atoms with Crippen LogP contribution >= 0.6 is 0 Å². The van der Waals surface area contributed by atoms with Crippen LogP contribution in [0.25, 0.3) is 5.76 Å². The Kier molecular flexibility index (Phi) is 4.89. The van der Waals surface area contributed by atoms with Gasteiger partial charge in [0, 0.05) is 12.1 Å². The van der Waals surface area contributed by atoms with E-state index in [1.54, 1.807) is 30.3 Å². The Morgan fingerprint density at radius 2 is 1.69 bits per heavy atom. The average Bonchev–Trinajstić information content (AvgIpc) is 2.87. The van der Waals surface area contributed by atoms with Crippen molar-refractivity contribution in [3.05, 3.63) is 77.1 Å². The van der Waals surface area contributed by atoms with Gasteiger partial charge in [0.1, 0.15) is 11.6 Å². The first kappa shape index (κ1) is 17.9. The summed E-state index contributed by atoms with van der Waals surface area (Å²) in [6.07, 6.45) is 0. The van der Waals surface area contributed by atoms with Crippen LogP contribution in [0.1, 0.15) is 31.0 Å². The normalized spacial score (nSPS) is 19.4. The van der Waals surface area contributed by atoms with Crippen LogP contribution in [-0.2, 0) is 9.59 Å². The zero-order valence-electron chi connectivity index (χ0n) is 14.6. The molecule has 0 aromatic heterocycles. The van der Waals surface area contributed by atoms with E-state index in [4.69, 9.17) is 0 Å². The fourth-order valence-electron chi connectivity index (χ4n) is 3.20. The minimum atomic E-state index is -0.738. The van der Waals surface area contributed by atoms with Gasteiger partial charge in [-0.05, 0) is 23.6 Å². The van der Waals surface area contributed by atoms with Crippen molar-refractivity contribution < 1.29 is 19.1 Å². The minimum absolute atomic E-state index is 0.0356. The number of hydrogen-bond donors (Lipinski definition) is 1. The largest absolute Gasteiger partial charge is 0.507 e. The summed E-state index contributed by atoms with van der Waals surface area (Å²) in [5, 5.41) is 10.8. The number of nitrogens with zero attached hydrogens (tertiary/aromatic N) is 1. The number of rotatable bonds is 4. The predicted octanol–water partition coefficient (Wildman–Crippen LogP) is 3.90. The molecule has 1 N–H and O–H groups in total. The molecular weight excluding hydrogens is 333 g/mol. The van der Waals surface area contributed by atoms with E-state index in [0.717, 1.165) is 0 Å². The van der Waals surface area contributed by atoms with Gasteiger partial charge >= 0.3 is 0 Å². The molecule has 4 nitrogen and oxygen atoms in total. The maximum atomic E-state index is 13.3. The van der Waals surface area contributed by atoms with E-state index in [1.165, 1.54) is 29.2 Å². The number of halogens is 1. The number of ketones is 1. The van der Waals surface area contributed by atoms with E-state index >= 15 is 0 Å². The topological polar surface area (TPSA) is 57.6 Å². The number of Topliss-reactive ketones (excluding diaryl/α,β-unsaturated/α-hetero) is 1. The van der Waals surface area contributed by atoms with Crippen LogP contribution in [0.5, 0.6) is 0 Å². The van der Waals surface area contributed by atoms with E-state index in [9.17, 15) is 19.1 Å². The SMILES string of the molecule is CC(C)CN1C(=O)C(=O)/C(=C(/O)c2ccccc2)C1c1ccc(F)cc1. The second-order valence-corrected chi connectivity index (χ2v) is 6.76. The smallest absolute Gasteiger partial charge is 0.295 e. The van der Waals surface area contributed by atoms with Crippen molar-refractivity contribution in [3.8, 4) is 0 Å². The van der Waals surface area contributed by atoms with E-state index in [-0.39, 0.29) is 17.3 Å². The zero-order valence-corrected chi connectivity index (χ0v) is 14.6. The van der Waals surface area contributed by atoms with Crippen LogP contribution in [0.2, 0.25) is 0 Å². The molecule has 1 fully saturated rings. The predicted molar refractivity (Wildman–Crippen MR) is 96.7 cm³/mol. The summed E-state index contributed by atoms with van der Waals surface area (Å²) in [6, 6.07) is 13.5. The molecule has 0 saturated carbocycles. The second-order valence-electron chi connectivity index (χ2n) is 6.76. The van der Waals surface area contributed by atoms with Crippen molar-refractivity contribution in [2.45, 2.75) is 19.9 Å². The summed E-state index contributed by atoms with van der Waals surface area (Å²) < 4.78 is 13.3. The van der Waals surface area contributed by atoms with Gasteiger partial charge < -0.3 is 10.0 Å². The molecule has 0 spiro atoms. The second kappa shape index (κ2) is 7.12. The number of carbonyl (C=O) groups excluding carboxylic acids is 2.